The van der Waals surface area contributed by atoms with Crippen LogP contribution in [0.2, 0.25) is 0 Å². The summed E-state index contributed by atoms with van der Waals surface area (Å²) in [5.41, 5.74) is 19.6. The van der Waals surface area contributed by atoms with Crippen molar-refractivity contribution in [3.05, 3.63) is 246 Å². The van der Waals surface area contributed by atoms with Crippen LogP contribution in [0.3, 0.4) is 0 Å². The zero-order valence-corrected chi connectivity index (χ0v) is 33.6. The van der Waals surface area contributed by atoms with Gasteiger partial charge in [-0.15, -0.1) is 0 Å². The fraction of sp³-hybridized carbons (Fsp3) is 0.0690. The smallest absolute Gasteiger partial charge is 0.137 e. The van der Waals surface area contributed by atoms with Crippen molar-refractivity contribution in [2.45, 2.75) is 24.7 Å². The first-order valence-corrected chi connectivity index (χ1v) is 20.9. The van der Waals surface area contributed by atoms with Gasteiger partial charge in [0.15, 0.2) is 0 Å². The molecule has 0 spiro atoms. The number of benzene rings is 9. The molecule has 2 nitrogen and oxygen atoms in total. The third-order valence-electron chi connectivity index (χ3n) is 13.3. The molecule has 0 saturated heterocycles. The molecule has 1 heterocycles. The molecule has 10 aromatic rings. The van der Waals surface area contributed by atoms with Gasteiger partial charge in [-0.3, -0.25) is 0 Å². The highest BCUT2D eigenvalue weighted by Gasteiger charge is 2.46. The second-order valence-corrected chi connectivity index (χ2v) is 16.8. The fourth-order valence-electron chi connectivity index (χ4n) is 10.8. The Morgan fingerprint density at radius 1 is 0.367 bits per heavy atom. The lowest BCUT2D eigenvalue weighted by Crippen LogP contribution is -2.28. The molecule has 0 N–H and O–H groups in total. The summed E-state index contributed by atoms with van der Waals surface area (Å²) in [5.74, 6) is 0. The lowest BCUT2D eigenvalue weighted by Gasteiger charge is -2.35. The van der Waals surface area contributed by atoms with Crippen LogP contribution in [0.4, 0.5) is 17.1 Å². The second-order valence-electron chi connectivity index (χ2n) is 16.8. The molecule has 9 aromatic carbocycles. The molecule has 0 bridgehead atoms. The van der Waals surface area contributed by atoms with Gasteiger partial charge in [-0.05, 0) is 97.6 Å². The molecule has 60 heavy (non-hydrogen) atoms. The van der Waals surface area contributed by atoms with Crippen LogP contribution in [0.25, 0.3) is 55.3 Å². The molecule has 0 amide bonds. The number of hydrogen-bond acceptors (Lipinski definition) is 2. The summed E-state index contributed by atoms with van der Waals surface area (Å²) < 4.78 is 6.59. The van der Waals surface area contributed by atoms with E-state index < -0.39 is 5.41 Å². The topological polar surface area (TPSA) is 16.4 Å². The van der Waals surface area contributed by atoms with Crippen LogP contribution in [0, 0.1) is 0 Å². The van der Waals surface area contributed by atoms with Gasteiger partial charge in [-0.2, -0.15) is 0 Å². The minimum absolute atomic E-state index is 0.183. The Labute approximate surface area is 350 Å². The third kappa shape index (κ3) is 4.82. The summed E-state index contributed by atoms with van der Waals surface area (Å²) in [6, 6.07) is 78.0. The monoisotopic (exact) mass is 767 g/mol. The number of hydrogen-bond donors (Lipinski definition) is 0. The van der Waals surface area contributed by atoms with Gasteiger partial charge in [0, 0.05) is 39.2 Å². The maximum absolute atomic E-state index is 6.59. The highest BCUT2D eigenvalue weighted by atomic mass is 16.3. The van der Waals surface area contributed by atoms with E-state index in [9.17, 15) is 0 Å². The molecule has 0 unspecified atom stereocenters. The van der Waals surface area contributed by atoms with Gasteiger partial charge in [0.25, 0.3) is 0 Å². The number of anilines is 3. The van der Waals surface area contributed by atoms with Gasteiger partial charge < -0.3 is 9.32 Å². The van der Waals surface area contributed by atoms with E-state index in [1.54, 1.807) is 0 Å². The van der Waals surface area contributed by atoms with E-state index in [-0.39, 0.29) is 5.41 Å². The summed E-state index contributed by atoms with van der Waals surface area (Å²) in [5, 5.41) is 2.23. The van der Waals surface area contributed by atoms with E-state index in [1.165, 1.54) is 66.8 Å². The van der Waals surface area contributed by atoms with E-state index in [1.807, 2.05) is 6.07 Å². The van der Waals surface area contributed by atoms with Crippen LogP contribution in [0.1, 0.15) is 47.2 Å². The van der Waals surface area contributed by atoms with Crippen LogP contribution in [0.15, 0.2) is 217 Å². The van der Waals surface area contributed by atoms with Crippen molar-refractivity contribution >= 4 is 39.0 Å². The molecule has 2 heteroatoms. The molecule has 0 radical (unpaired) electrons. The lowest BCUT2D eigenvalue weighted by molar-refractivity contribution is 0.662. The van der Waals surface area contributed by atoms with Gasteiger partial charge in [0.1, 0.15) is 11.2 Å². The van der Waals surface area contributed by atoms with Crippen LogP contribution in [-0.2, 0) is 10.8 Å². The first-order valence-electron chi connectivity index (χ1n) is 20.9. The quantitative estimate of drug-likeness (QED) is 0.168. The SMILES string of the molecule is CC1(C)c2ccccc2-c2cccc(-c3ccccc3N(c3ccc4c(c3)C(c3ccccc3)(c3ccccc3)c3ccccc3-4)c3ccc4c(c3)oc3ccccc34)c21. The van der Waals surface area contributed by atoms with Gasteiger partial charge in [0.05, 0.1) is 11.1 Å². The third-order valence-corrected chi connectivity index (χ3v) is 13.3. The number of furan rings is 1. The minimum atomic E-state index is -0.533. The van der Waals surface area contributed by atoms with Crippen LogP contribution in [0.5, 0.6) is 0 Å². The normalized spacial score (nSPS) is 14.1. The number of fused-ring (bicyclic) bond motifs is 9. The maximum Gasteiger partial charge on any atom is 0.137 e. The van der Waals surface area contributed by atoms with Crippen molar-refractivity contribution in [1.29, 1.82) is 0 Å². The molecular weight excluding hydrogens is 727 g/mol. The Kier molecular flexibility index (Phi) is 7.52. The largest absolute Gasteiger partial charge is 0.456 e. The molecule has 0 aliphatic heterocycles. The van der Waals surface area contributed by atoms with E-state index in [4.69, 9.17) is 4.42 Å². The molecule has 2 aliphatic rings. The van der Waals surface area contributed by atoms with E-state index in [0.717, 1.165) is 39.0 Å². The Bertz CT molecular complexity index is 3260. The summed E-state index contributed by atoms with van der Waals surface area (Å²) in [6.45, 7) is 4.75. The lowest BCUT2D eigenvalue weighted by atomic mass is 9.67. The molecule has 284 valence electrons. The van der Waals surface area contributed by atoms with Gasteiger partial charge in [-0.25, -0.2) is 0 Å². The van der Waals surface area contributed by atoms with Gasteiger partial charge in [-0.1, -0.05) is 184 Å². The molecule has 0 atom stereocenters. The molecule has 1 aromatic heterocycles. The summed E-state index contributed by atoms with van der Waals surface area (Å²) in [4.78, 5) is 2.46. The highest BCUT2D eigenvalue weighted by molar-refractivity contribution is 6.06. The Morgan fingerprint density at radius 2 is 0.883 bits per heavy atom. The zero-order valence-electron chi connectivity index (χ0n) is 33.6. The molecule has 2 aliphatic carbocycles. The van der Waals surface area contributed by atoms with Gasteiger partial charge in [0.2, 0.25) is 0 Å². The van der Waals surface area contributed by atoms with Gasteiger partial charge >= 0.3 is 0 Å². The first-order chi connectivity index (χ1) is 29.5. The van der Waals surface area contributed by atoms with E-state index in [2.05, 4.69) is 225 Å². The molecule has 0 fully saturated rings. The van der Waals surface area contributed by atoms with Crippen LogP contribution in [-0.4, -0.2) is 0 Å². The number of rotatable bonds is 6. The molecular formula is C58H41NO. The Morgan fingerprint density at radius 3 is 1.63 bits per heavy atom. The standard InChI is InChI=1S/C58H41NO/c1-57(2)50-28-13-9-23-43(50)48-26-17-27-49(56(48)57)45-24-11-15-30-53(45)59(41-33-35-47-46-25-12-16-31-54(46)60-55(47)37-41)40-32-34-44-42-22-10-14-29-51(42)58(52(44)36-40,38-18-5-3-6-19-38)39-20-7-4-8-21-39/h3-37H,1-2H3. The second kappa shape index (κ2) is 13.0. The van der Waals surface area contributed by atoms with Crippen LogP contribution < -0.4 is 4.90 Å². The predicted molar refractivity (Wildman–Crippen MR) is 249 cm³/mol. The van der Waals surface area contributed by atoms with E-state index >= 15 is 0 Å². The highest BCUT2D eigenvalue weighted by Crippen LogP contribution is 2.58. The van der Waals surface area contributed by atoms with Crippen molar-refractivity contribution in [3.63, 3.8) is 0 Å². The zero-order chi connectivity index (χ0) is 40.0. The Hall–Kier alpha value is -7.42. The van der Waals surface area contributed by atoms with Crippen molar-refractivity contribution in [3.8, 4) is 33.4 Å². The van der Waals surface area contributed by atoms with E-state index in [0.29, 0.717) is 0 Å². The average molecular weight is 768 g/mol. The number of para-hydroxylation sites is 2. The van der Waals surface area contributed by atoms with Crippen molar-refractivity contribution < 1.29 is 4.42 Å². The maximum atomic E-state index is 6.59. The molecule has 12 rings (SSSR count). The molecule has 0 saturated carbocycles. The van der Waals surface area contributed by atoms with Crippen molar-refractivity contribution in [2.24, 2.45) is 0 Å². The average Bonchev–Trinajstić information content (AvgIpc) is 3.91. The van der Waals surface area contributed by atoms with Crippen LogP contribution >= 0.6 is 0 Å². The predicted octanol–water partition coefficient (Wildman–Crippen LogP) is 15.4. The van der Waals surface area contributed by atoms with Crippen molar-refractivity contribution in [1.82, 2.24) is 0 Å². The summed E-state index contributed by atoms with van der Waals surface area (Å²) >= 11 is 0. The summed E-state index contributed by atoms with van der Waals surface area (Å²) in [6.07, 6.45) is 0. The first kappa shape index (κ1) is 34.6. The summed E-state index contributed by atoms with van der Waals surface area (Å²) in [7, 11) is 0. The minimum Gasteiger partial charge on any atom is -0.456 e. The fourth-order valence-corrected chi connectivity index (χ4v) is 10.8. The van der Waals surface area contributed by atoms with Crippen molar-refractivity contribution in [2.75, 3.05) is 4.90 Å². The Balaban J connectivity index is 1.14. The number of nitrogens with zero attached hydrogens (tertiary/aromatic N) is 1.